The van der Waals surface area contributed by atoms with Crippen LogP contribution < -0.4 is 15.8 Å². The zero-order valence-electron chi connectivity index (χ0n) is 19.2. The van der Waals surface area contributed by atoms with E-state index in [0.717, 1.165) is 65.9 Å². The Bertz CT molecular complexity index is 1140. The Morgan fingerprint density at radius 3 is 2.64 bits per heavy atom. The van der Waals surface area contributed by atoms with Gasteiger partial charge in [0.05, 0.1) is 29.1 Å². The summed E-state index contributed by atoms with van der Waals surface area (Å²) < 4.78 is 19.2. The van der Waals surface area contributed by atoms with E-state index in [9.17, 15) is 4.79 Å². The predicted molar refractivity (Wildman–Crippen MR) is 130 cm³/mol. The lowest BCUT2D eigenvalue weighted by Gasteiger charge is -2.13. The van der Waals surface area contributed by atoms with Crippen LogP contribution in [0.3, 0.4) is 0 Å². The summed E-state index contributed by atoms with van der Waals surface area (Å²) in [6.07, 6.45) is 3.98. The van der Waals surface area contributed by atoms with E-state index in [4.69, 9.17) is 19.9 Å². The molecule has 33 heavy (non-hydrogen) atoms. The highest BCUT2D eigenvalue weighted by Gasteiger charge is 2.30. The van der Waals surface area contributed by atoms with Crippen LogP contribution in [0.25, 0.3) is 22.2 Å². The highest BCUT2D eigenvalue weighted by Crippen LogP contribution is 2.46. The van der Waals surface area contributed by atoms with Crippen LogP contribution in [-0.4, -0.2) is 36.1 Å². The van der Waals surface area contributed by atoms with Gasteiger partial charge in [-0.1, -0.05) is 12.1 Å². The van der Waals surface area contributed by atoms with Gasteiger partial charge in [0.1, 0.15) is 12.4 Å². The number of rotatable bonds is 7. The van der Waals surface area contributed by atoms with Crippen molar-refractivity contribution in [3.05, 3.63) is 42.5 Å². The molecule has 0 radical (unpaired) electrons. The summed E-state index contributed by atoms with van der Waals surface area (Å²) in [5.74, 6) is 0.840. The van der Waals surface area contributed by atoms with Crippen LogP contribution in [0.15, 0.2) is 42.5 Å². The molecule has 1 saturated heterocycles. The third-order valence-corrected chi connectivity index (χ3v) is 6.13. The molecule has 1 aliphatic heterocycles. The maximum absolute atomic E-state index is 11.9. The van der Waals surface area contributed by atoms with Gasteiger partial charge in [0.2, 0.25) is 0 Å². The van der Waals surface area contributed by atoms with Gasteiger partial charge in [-0.2, -0.15) is 0 Å². The molecule has 0 bridgehead atoms. The summed E-state index contributed by atoms with van der Waals surface area (Å²) in [6, 6.07) is 14.3. The number of fused-ring (bicyclic) bond motifs is 1. The normalized spacial score (nSPS) is 18.1. The lowest BCUT2D eigenvalue weighted by atomic mass is 10.1. The van der Waals surface area contributed by atoms with E-state index in [2.05, 4.69) is 22.0 Å². The number of carbonyl (C=O) groups excluding carboxylic acids is 1. The first-order chi connectivity index (χ1) is 16.0. The summed E-state index contributed by atoms with van der Waals surface area (Å²) in [7, 11) is 0. The smallest absolute Gasteiger partial charge is 0.411 e. The fraction of sp³-hybridized carbons (Fsp3) is 0.423. The molecule has 7 nitrogen and oxygen atoms in total. The van der Waals surface area contributed by atoms with Gasteiger partial charge in [-0.25, -0.2) is 4.79 Å². The maximum Gasteiger partial charge on any atom is 0.411 e. The number of ether oxygens (including phenoxy) is 3. The molecule has 5 rings (SSSR count). The third-order valence-electron chi connectivity index (χ3n) is 6.13. The fourth-order valence-corrected chi connectivity index (χ4v) is 4.45. The number of benzene rings is 2. The van der Waals surface area contributed by atoms with E-state index in [1.165, 1.54) is 0 Å². The van der Waals surface area contributed by atoms with Crippen LogP contribution in [0.5, 0.6) is 5.75 Å². The van der Waals surface area contributed by atoms with E-state index >= 15 is 0 Å². The van der Waals surface area contributed by atoms with Crippen molar-refractivity contribution in [1.82, 2.24) is 4.57 Å². The van der Waals surface area contributed by atoms with Gasteiger partial charge in [0.25, 0.3) is 0 Å². The van der Waals surface area contributed by atoms with Gasteiger partial charge >= 0.3 is 6.09 Å². The first-order valence-electron chi connectivity index (χ1n) is 11.8. The second kappa shape index (κ2) is 8.98. The number of carbonyl (C=O) groups is 1. The van der Waals surface area contributed by atoms with E-state index in [1.54, 1.807) is 0 Å². The topological polar surface area (TPSA) is 87.7 Å². The lowest BCUT2D eigenvalue weighted by Crippen LogP contribution is -2.17. The second-order valence-electron chi connectivity index (χ2n) is 9.14. The van der Waals surface area contributed by atoms with Gasteiger partial charge in [-0.05, 0) is 63.8 Å². The number of hydrogen-bond donors (Lipinski definition) is 2. The number of hydrogen-bond acceptors (Lipinski definition) is 5. The molecule has 1 atom stereocenters. The first kappa shape index (κ1) is 21.6. The average Bonchev–Trinajstić information content (AvgIpc) is 3.40. The Morgan fingerprint density at radius 2 is 1.97 bits per heavy atom. The Balaban J connectivity index is 1.43. The van der Waals surface area contributed by atoms with Crippen molar-refractivity contribution >= 4 is 28.4 Å². The highest BCUT2D eigenvalue weighted by molar-refractivity contribution is 6.02. The summed E-state index contributed by atoms with van der Waals surface area (Å²) in [5, 5.41) is 3.79. The van der Waals surface area contributed by atoms with Crippen LogP contribution in [-0.2, 0) is 9.47 Å². The Morgan fingerprint density at radius 1 is 1.18 bits per heavy atom. The minimum atomic E-state index is -0.458. The molecule has 1 unspecified atom stereocenters. The highest BCUT2D eigenvalue weighted by atomic mass is 16.6. The zero-order chi connectivity index (χ0) is 22.9. The number of nitrogens with one attached hydrogen (secondary N) is 1. The minimum Gasteiger partial charge on any atom is -0.491 e. The molecule has 174 valence electrons. The number of nitrogens with two attached hydrogens (primary N) is 1. The number of nitrogen functional groups attached to an aromatic ring is 1. The molecule has 2 heterocycles. The summed E-state index contributed by atoms with van der Waals surface area (Å²) in [4.78, 5) is 11.9. The van der Waals surface area contributed by atoms with Crippen LogP contribution >= 0.6 is 0 Å². The van der Waals surface area contributed by atoms with Crippen LogP contribution in [0, 0.1) is 0 Å². The quantitative estimate of drug-likeness (QED) is 0.480. The molecule has 1 saturated carbocycles. The molecule has 7 heteroatoms. The summed E-state index contributed by atoms with van der Waals surface area (Å²) in [6.45, 7) is 5.04. The lowest BCUT2D eigenvalue weighted by molar-refractivity contribution is 0.0680. The van der Waals surface area contributed by atoms with Crippen LogP contribution in [0.1, 0.15) is 45.6 Å². The van der Waals surface area contributed by atoms with Gasteiger partial charge in [-0.3, -0.25) is 5.32 Å². The van der Waals surface area contributed by atoms with Gasteiger partial charge in [0, 0.05) is 35.4 Å². The van der Waals surface area contributed by atoms with Crippen molar-refractivity contribution in [2.45, 2.75) is 57.8 Å². The minimum absolute atomic E-state index is 0.169. The third kappa shape index (κ3) is 4.64. The molecular weight excluding hydrogens is 418 g/mol. The molecule has 1 amide bonds. The second-order valence-corrected chi connectivity index (χ2v) is 9.14. The van der Waals surface area contributed by atoms with E-state index in [1.807, 2.05) is 44.2 Å². The fourth-order valence-electron chi connectivity index (χ4n) is 4.45. The van der Waals surface area contributed by atoms with E-state index in [-0.39, 0.29) is 12.2 Å². The number of anilines is 2. The van der Waals surface area contributed by atoms with Crippen molar-refractivity contribution in [3.63, 3.8) is 0 Å². The molecule has 0 spiro atoms. The SMILES string of the molecule is CC(C)OC(=O)Nc1ccc(-c2c(N)c3ccc(OCC4CCCO4)cc3n2C2CC2)cc1. The number of amides is 1. The molecule has 1 aliphatic carbocycles. The van der Waals surface area contributed by atoms with Crippen molar-refractivity contribution < 1.29 is 19.0 Å². The molecule has 3 aromatic rings. The Kier molecular flexibility index (Phi) is 5.89. The first-order valence-corrected chi connectivity index (χ1v) is 11.8. The number of aromatic nitrogens is 1. The van der Waals surface area contributed by atoms with Crippen molar-refractivity contribution in [3.8, 4) is 17.0 Å². The monoisotopic (exact) mass is 449 g/mol. The van der Waals surface area contributed by atoms with Crippen LogP contribution in [0.4, 0.5) is 16.2 Å². The predicted octanol–water partition coefficient (Wildman–Crippen LogP) is 5.74. The Hall–Kier alpha value is -3.19. The van der Waals surface area contributed by atoms with Gasteiger partial charge in [-0.15, -0.1) is 0 Å². The molecule has 3 N–H and O–H groups in total. The summed E-state index contributed by atoms with van der Waals surface area (Å²) in [5.41, 5.74) is 11.2. The molecule has 1 aromatic heterocycles. The standard InChI is InChI=1S/C26H31N3O4/c1-16(2)33-26(30)28-18-7-5-17(6-8-18)25-24(27)22-12-11-20(32-15-21-4-3-13-31-21)14-23(22)29(25)19-9-10-19/h5-8,11-12,14,16,19,21H,3-4,9-10,13,15,27H2,1-2H3,(H,28,30). The molecule has 2 aliphatic rings. The average molecular weight is 450 g/mol. The van der Waals surface area contributed by atoms with Crippen molar-refractivity contribution in [2.24, 2.45) is 0 Å². The largest absolute Gasteiger partial charge is 0.491 e. The molecule has 2 fully saturated rings. The molecule has 2 aromatic carbocycles. The van der Waals surface area contributed by atoms with E-state index < -0.39 is 6.09 Å². The van der Waals surface area contributed by atoms with Gasteiger partial charge < -0.3 is 24.5 Å². The number of nitrogens with zero attached hydrogens (tertiary/aromatic N) is 1. The summed E-state index contributed by atoms with van der Waals surface area (Å²) >= 11 is 0. The van der Waals surface area contributed by atoms with Crippen LogP contribution in [0.2, 0.25) is 0 Å². The maximum atomic E-state index is 11.9. The zero-order valence-corrected chi connectivity index (χ0v) is 19.2. The van der Waals surface area contributed by atoms with Gasteiger partial charge in [0.15, 0.2) is 0 Å². The molecular formula is C26H31N3O4. The Labute approximate surface area is 193 Å². The van der Waals surface area contributed by atoms with Crippen molar-refractivity contribution in [2.75, 3.05) is 24.3 Å². The van der Waals surface area contributed by atoms with E-state index in [0.29, 0.717) is 18.3 Å². The van der Waals surface area contributed by atoms with Crippen molar-refractivity contribution in [1.29, 1.82) is 0 Å².